The smallest absolute Gasteiger partial charge is 0.250 e. The monoisotopic (exact) mass is 444 g/mol. The van der Waals surface area contributed by atoms with Gasteiger partial charge in [-0.1, -0.05) is 6.07 Å². The molecule has 1 aliphatic rings. The molecule has 1 saturated heterocycles. The lowest BCUT2D eigenvalue weighted by Crippen LogP contribution is -2.43. The molecule has 2 N–H and O–H groups in total. The van der Waals surface area contributed by atoms with Crippen LogP contribution in [0.4, 0.5) is 5.82 Å². The van der Waals surface area contributed by atoms with E-state index in [2.05, 4.69) is 19.9 Å². The van der Waals surface area contributed by atoms with Gasteiger partial charge in [0.15, 0.2) is 0 Å². The van der Waals surface area contributed by atoms with E-state index < -0.39 is 10.0 Å². The van der Waals surface area contributed by atoms with Gasteiger partial charge >= 0.3 is 0 Å². The van der Waals surface area contributed by atoms with E-state index >= 15 is 0 Å². The van der Waals surface area contributed by atoms with Gasteiger partial charge in [0.1, 0.15) is 10.0 Å². The number of nitrogens with zero attached hydrogens (tertiary/aromatic N) is 2. The van der Waals surface area contributed by atoms with Gasteiger partial charge in [-0.05, 0) is 30.0 Å². The van der Waals surface area contributed by atoms with Crippen LogP contribution in [0.3, 0.4) is 0 Å². The summed E-state index contributed by atoms with van der Waals surface area (Å²) in [4.78, 5) is 7.90. The van der Waals surface area contributed by atoms with Crippen molar-refractivity contribution < 1.29 is 8.42 Å². The molecule has 6 nitrogen and oxygen atoms in total. The first-order chi connectivity index (χ1) is 12.6. The van der Waals surface area contributed by atoms with E-state index in [9.17, 15) is 8.42 Å². The summed E-state index contributed by atoms with van der Waals surface area (Å²) in [6.45, 7) is 3.99. The van der Waals surface area contributed by atoms with Gasteiger partial charge in [0.2, 0.25) is 10.0 Å². The highest BCUT2D eigenvalue weighted by atomic mass is 35.5. The summed E-state index contributed by atoms with van der Waals surface area (Å²) < 4.78 is 29.4. The number of piperazine rings is 1. The zero-order chi connectivity index (χ0) is 18.0. The lowest BCUT2D eigenvalue weighted by atomic mass is 10.2. The zero-order valence-corrected chi connectivity index (χ0v) is 17.8. The molecule has 10 heteroatoms. The van der Waals surface area contributed by atoms with Crippen LogP contribution in [0.5, 0.6) is 0 Å². The Bertz CT molecular complexity index is 983. The molecule has 1 fully saturated rings. The Labute approximate surface area is 173 Å². The predicted molar refractivity (Wildman–Crippen MR) is 115 cm³/mol. The van der Waals surface area contributed by atoms with Crippen LogP contribution in [0.2, 0.25) is 0 Å². The molecule has 0 amide bonds. The summed E-state index contributed by atoms with van der Waals surface area (Å²) in [5.41, 5.74) is 0. The minimum Gasteiger partial charge on any atom is -0.354 e. The van der Waals surface area contributed by atoms with Gasteiger partial charge in [-0.2, -0.15) is 0 Å². The lowest BCUT2D eigenvalue weighted by Gasteiger charge is -2.28. The molecule has 0 bridgehead atoms. The summed E-state index contributed by atoms with van der Waals surface area (Å²) in [5.74, 6) is 0.875. The van der Waals surface area contributed by atoms with Gasteiger partial charge in [0, 0.05) is 53.9 Å². The number of thiophene rings is 2. The Balaban J connectivity index is 0.00000210. The summed E-state index contributed by atoms with van der Waals surface area (Å²) in [6, 6.07) is 7.64. The molecule has 0 aliphatic carbocycles. The molecule has 4 heterocycles. The van der Waals surface area contributed by atoms with Crippen LogP contribution in [0.15, 0.2) is 40.1 Å². The van der Waals surface area contributed by atoms with Crippen molar-refractivity contribution in [2.75, 3.05) is 37.6 Å². The molecule has 3 aromatic heterocycles. The van der Waals surface area contributed by atoms with Gasteiger partial charge in [0.25, 0.3) is 0 Å². The number of rotatable bonds is 6. The molecule has 4 rings (SSSR count). The molecule has 0 aromatic carbocycles. The minimum absolute atomic E-state index is 0. The van der Waals surface area contributed by atoms with Crippen molar-refractivity contribution in [2.24, 2.45) is 0 Å². The number of nitrogens with one attached hydrogen (secondary N) is 2. The molecule has 3 aromatic rings. The molecule has 0 radical (unpaired) electrons. The van der Waals surface area contributed by atoms with Crippen LogP contribution in [-0.4, -0.2) is 46.1 Å². The maximum Gasteiger partial charge on any atom is 0.250 e. The molecular formula is C17H21ClN4O2S3. The molecule has 0 atom stereocenters. The summed E-state index contributed by atoms with van der Waals surface area (Å²) in [6.07, 6.45) is 2.46. The number of anilines is 1. The Morgan fingerprint density at radius 1 is 1.26 bits per heavy atom. The molecule has 0 saturated carbocycles. The van der Waals surface area contributed by atoms with Gasteiger partial charge in [-0.15, -0.1) is 35.1 Å². The summed E-state index contributed by atoms with van der Waals surface area (Å²) in [5, 5.41) is 6.24. The highest BCUT2D eigenvalue weighted by Gasteiger charge is 2.21. The SMILES string of the molecule is Cl.O=S(=O)(NCCc1cccs1)c1cc2c(N3CCNCC3)nccc2s1. The van der Waals surface area contributed by atoms with Crippen molar-refractivity contribution in [1.29, 1.82) is 0 Å². The van der Waals surface area contributed by atoms with E-state index in [1.807, 2.05) is 23.6 Å². The Hall–Kier alpha value is -1.23. The Morgan fingerprint density at radius 2 is 2.07 bits per heavy atom. The second kappa shape index (κ2) is 8.85. The Kier molecular flexibility index (Phi) is 6.72. The average Bonchev–Trinajstić information content (AvgIpc) is 3.31. The van der Waals surface area contributed by atoms with Crippen molar-refractivity contribution in [1.82, 2.24) is 15.0 Å². The fourth-order valence-corrected chi connectivity index (χ4v) is 6.18. The third-order valence-electron chi connectivity index (χ3n) is 4.33. The quantitative estimate of drug-likeness (QED) is 0.611. The van der Waals surface area contributed by atoms with Crippen molar-refractivity contribution >= 4 is 61.0 Å². The van der Waals surface area contributed by atoms with E-state index in [4.69, 9.17) is 0 Å². The summed E-state index contributed by atoms with van der Waals surface area (Å²) in [7, 11) is -3.51. The van der Waals surface area contributed by atoms with Crippen molar-refractivity contribution in [3.63, 3.8) is 0 Å². The van der Waals surface area contributed by atoms with Crippen LogP contribution in [0.25, 0.3) is 10.1 Å². The topological polar surface area (TPSA) is 74.3 Å². The standard InChI is InChI=1S/C17H20N4O2S3.ClH/c22-26(23,20-6-3-13-2-1-11-24-13)16-12-14-15(25-16)4-5-19-17(14)21-9-7-18-8-10-21;/h1-2,4-5,11-12,18,20H,3,6-10H2;1H. The van der Waals surface area contributed by atoms with Crippen LogP contribution in [-0.2, 0) is 16.4 Å². The second-order valence-corrected chi connectivity index (χ2v) is 10.2. The van der Waals surface area contributed by atoms with E-state index in [0.29, 0.717) is 17.2 Å². The number of halogens is 1. The largest absolute Gasteiger partial charge is 0.354 e. The maximum atomic E-state index is 12.7. The fourth-order valence-electron chi connectivity index (χ4n) is 3.02. The van der Waals surface area contributed by atoms with E-state index in [1.54, 1.807) is 23.6 Å². The Morgan fingerprint density at radius 3 is 2.81 bits per heavy atom. The summed E-state index contributed by atoms with van der Waals surface area (Å²) >= 11 is 2.94. The number of sulfonamides is 1. The van der Waals surface area contributed by atoms with Crippen LogP contribution in [0.1, 0.15) is 4.88 Å². The second-order valence-electron chi connectivity index (χ2n) is 6.08. The van der Waals surface area contributed by atoms with Gasteiger partial charge in [0.05, 0.1) is 0 Å². The zero-order valence-electron chi connectivity index (χ0n) is 14.6. The molecule has 0 unspecified atom stereocenters. The molecule has 146 valence electrons. The number of hydrogen-bond acceptors (Lipinski definition) is 7. The lowest BCUT2D eigenvalue weighted by molar-refractivity contribution is 0.583. The first-order valence-electron chi connectivity index (χ1n) is 8.50. The molecular weight excluding hydrogens is 424 g/mol. The van der Waals surface area contributed by atoms with E-state index in [0.717, 1.165) is 42.1 Å². The first kappa shape index (κ1) is 20.5. The average molecular weight is 445 g/mol. The van der Waals surface area contributed by atoms with Crippen molar-refractivity contribution in [3.8, 4) is 0 Å². The van der Waals surface area contributed by atoms with E-state index in [1.165, 1.54) is 16.2 Å². The number of hydrogen-bond donors (Lipinski definition) is 2. The number of aromatic nitrogens is 1. The number of pyridine rings is 1. The molecule has 27 heavy (non-hydrogen) atoms. The van der Waals surface area contributed by atoms with E-state index in [-0.39, 0.29) is 12.4 Å². The van der Waals surface area contributed by atoms with Crippen LogP contribution in [0, 0.1) is 0 Å². The highest BCUT2D eigenvalue weighted by Crippen LogP contribution is 2.34. The van der Waals surface area contributed by atoms with Crippen LogP contribution < -0.4 is 14.9 Å². The van der Waals surface area contributed by atoms with Gasteiger partial charge in [-0.3, -0.25) is 0 Å². The first-order valence-corrected chi connectivity index (χ1v) is 11.7. The van der Waals surface area contributed by atoms with Gasteiger partial charge in [-0.25, -0.2) is 18.1 Å². The number of fused-ring (bicyclic) bond motifs is 1. The predicted octanol–water partition coefficient (Wildman–Crippen LogP) is 2.71. The minimum atomic E-state index is -3.51. The molecule has 1 aliphatic heterocycles. The van der Waals surface area contributed by atoms with Gasteiger partial charge < -0.3 is 10.2 Å². The van der Waals surface area contributed by atoms with Crippen molar-refractivity contribution in [2.45, 2.75) is 10.6 Å². The highest BCUT2D eigenvalue weighted by molar-refractivity contribution is 7.91. The normalized spacial score (nSPS) is 15.0. The third-order valence-corrected chi connectivity index (χ3v) is 8.30. The van der Waals surface area contributed by atoms with Crippen molar-refractivity contribution in [3.05, 3.63) is 40.7 Å². The maximum absolute atomic E-state index is 12.7. The molecule has 0 spiro atoms. The fraction of sp³-hybridized carbons (Fsp3) is 0.353. The third kappa shape index (κ3) is 4.61. The van der Waals surface area contributed by atoms with Crippen LogP contribution >= 0.6 is 35.1 Å².